The van der Waals surface area contributed by atoms with Gasteiger partial charge in [0.15, 0.2) is 0 Å². The fourth-order valence-electron chi connectivity index (χ4n) is 1.05. The van der Waals surface area contributed by atoms with Crippen molar-refractivity contribution in [2.45, 2.75) is 6.18 Å². The van der Waals surface area contributed by atoms with Crippen molar-refractivity contribution in [3.8, 4) is 5.75 Å². The summed E-state index contributed by atoms with van der Waals surface area (Å²) in [5, 5.41) is 25.6. The first kappa shape index (κ1) is 12.8. The van der Waals surface area contributed by atoms with Gasteiger partial charge in [-0.2, -0.15) is 13.2 Å². The summed E-state index contributed by atoms with van der Waals surface area (Å²) in [4.78, 5) is 7.07. The molecule has 16 heavy (non-hydrogen) atoms. The smallest absolute Gasteiger partial charge is 0.508 e. The van der Waals surface area contributed by atoms with Gasteiger partial charge in [0.05, 0.1) is 5.56 Å². The number of halogens is 3. The Balaban J connectivity index is 3.18. The van der Waals surface area contributed by atoms with Gasteiger partial charge in [-0.3, -0.25) is 20.1 Å². The lowest BCUT2D eigenvalue weighted by Crippen LogP contribution is -2.36. The second kappa shape index (κ2) is 4.70. The zero-order valence-electron chi connectivity index (χ0n) is 7.60. The Morgan fingerprint density at radius 1 is 1.12 bits per heavy atom. The number of aromatic hydroxyl groups is 1. The molecule has 0 aliphatic rings. The van der Waals surface area contributed by atoms with E-state index in [4.69, 9.17) is 10.5 Å². The van der Waals surface area contributed by atoms with E-state index in [1.54, 1.807) is 0 Å². The Hall–Kier alpha value is -1.29. The number of rotatable bonds is 3. The van der Waals surface area contributed by atoms with Crippen LogP contribution in [0, 0.1) is 0 Å². The Labute approximate surface area is 87.7 Å². The standard InChI is InChI=1S/C7H6BF3O5/c9-7(10,11)4-1-2-6(12)5(3-4)8(15-13)16-14/h1-3,12-14H. The number of benzene rings is 1. The zero-order valence-corrected chi connectivity index (χ0v) is 7.60. The van der Waals surface area contributed by atoms with Crippen LogP contribution in [0.4, 0.5) is 13.2 Å². The molecule has 0 radical (unpaired) electrons. The maximum absolute atomic E-state index is 12.3. The van der Waals surface area contributed by atoms with Gasteiger partial charge in [-0.1, -0.05) is 0 Å². The van der Waals surface area contributed by atoms with Crippen LogP contribution in [0.15, 0.2) is 18.2 Å². The summed E-state index contributed by atoms with van der Waals surface area (Å²) in [6, 6.07) is 1.85. The first-order valence-electron chi connectivity index (χ1n) is 3.90. The number of alkyl halides is 3. The van der Waals surface area contributed by atoms with Crippen molar-refractivity contribution in [1.29, 1.82) is 0 Å². The normalized spacial score (nSPS) is 11.6. The molecule has 9 heteroatoms. The highest BCUT2D eigenvalue weighted by atomic mass is 19.4. The van der Waals surface area contributed by atoms with E-state index < -0.39 is 30.1 Å². The van der Waals surface area contributed by atoms with Crippen LogP contribution in [-0.2, 0) is 15.8 Å². The predicted molar refractivity (Wildman–Crippen MR) is 45.9 cm³/mol. The minimum atomic E-state index is -4.63. The minimum Gasteiger partial charge on any atom is -0.508 e. The van der Waals surface area contributed by atoms with Crippen LogP contribution in [0.3, 0.4) is 0 Å². The average Bonchev–Trinajstić information content (AvgIpc) is 2.20. The number of hydrogen-bond acceptors (Lipinski definition) is 5. The highest BCUT2D eigenvalue weighted by Gasteiger charge is 2.34. The fourth-order valence-corrected chi connectivity index (χ4v) is 1.05. The van der Waals surface area contributed by atoms with Gasteiger partial charge in [-0.05, 0) is 18.2 Å². The minimum absolute atomic E-state index is 0.479. The molecule has 1 aromatic rings. The van der Waals surface area contributed by atoms with Crippen LogP contribution < -0.4 is 5.46 Å². The fraction of sp³-hybridized carbons (Fsp3) is 0.143. The van der Waals surface area contributed by atoms with Gasteiger partial charge in [-0.25, -0.2) is 0 Å². The van der Waals surface area contributed by atoms with Crippen LogP contribution >= 0.6 is 0 Å². The lowest BCUT2D eigenvalue weighted by molar-refractivity contribution is -0.221. The van der Waals surface area contributed by atoms with Crippen LogP contribution in [0.5, 0.6) is 5.75 Å². The predicted octanol–water partition coefficient (Wildman–Crippen LogP) is 1.09. The highest BCUT2D eigenvalue weighted by molar-refractivity contribution is 6.61. The molecule has 1 aromatic carbocycles. The second-order valence-corrected chi connectivity index (χ2v) is 2.81. The van der Waals surface area contributed by atoms with Crippen molar-refractivity contribution in [1.82, 2.24) is 0 Å². The third-order valence-electron chi connectivity index (χ3n) is 1.80. The van der Waals surface area contributed by atoms with Crippen molar-refractivity contribution in [2.75, 3.05) is 0 Å². The first-order chi connectivity index (χ1) is 7.40. The van der Waals surface area contributed by atoms with E-state index in [1.165, 1.54) is 0 Å². The SMILES string of the molecule is OOB(OO)c1cc(C(F)(F)F)ccc1O. The largest absolute Gasteiger partial charge is 0.557 e. The molecule has 0 aromatic heterocycles. The van der Waals surface area contributed by atoms with Crippen LogP contribution in [-0.4, -0.2) is 22.7 Å². The third-order valence-corrected chi connectivity index (χ3v) is 1.80. The molecule has 0 saturated heterocycles. The van der Waals surface area contributed by atoms with Gasteiger partial charge < -0.3 is 5.11 Å². The van der Waals surface area contributed by atoms with Crippen molar-refractivity contribution in [2.24, 2.45) is 0 Å². The Bertz CT molecular complexity index is 366. The van der Waals surface area contributed by atoms with Crippen molar-refractivity contribution >= 4 is 12.6 Å². The molecule has 0 aliphatic heterocycles. The molecular weight excluding hydrogens is 232 g/mol. The molecule has 3 N–H and O–H groups in total. The molecular formula is C7H6BF3O5. The number of phenolic OH excluding ortho intramolecular Hbond substituents is 1. The maximum atomic E-state index is 12.3. The molecule has 0 aliphatic carbocycles. The van der Waals surface area contributed by atoms with Gasteiger partial charge in [-0.15, -0.1) is 0 Å². The number of phenols is 1. The summed E-state index contributed by atoms with van der Waals surface area (Å²) >= 11 is 0. The van der Waals surface area contributed by atoms with E-state index in [0.717, 1.165) is 6.07 Å². The summed E-state index contributed by atoms with van der Waals surface area (Å²) in [6.45, 7) is 0. The monoisotopic (exact) mass is 238 g/mol. The maximum Gasteiger partial charge on any atom is 0.557 e. The second-order valence-electron chi connectivity index (χ2n) is 2.81. The van der Waals surface area contributed by atoms with Gasteiger partial charge in [0.1, 0.15) is 5.75 Å². The van der Waals surface area contributed by atoms with Gasteiger partial charge in [0.25, 0.3) is 0 Å². The molecule has 0 amide bonds. The summed E-state index contributed by atoms with van der Waals surface area (Å²) in [5.74, 6) is -0.624. The molecule has 0 bridgehead atoms. The summed E-state index contributed by atoms with van der Waals surface area (Å²) in [6.07, 6.45) is -4.63. The van der Waals surface area contributed by atoms with E-state index >= 15 is 0 Å². The van der Waals surface area contributed by atoms with E-state index in [9.17, 15) is 18.3 Å². The van der Waals surface area contributed by atoms with Crippen LogP contribution in [0.25, 0.3) is 0 Å². The van der Waals surface area contributed by atoms with Crippen molar-refractivity contribution in [3.05, 3.63) is 23.8 Å². The molecule has 0 spiro atoms. The Morgan fingerprint density at radius 2 is 1.69 bits per heavy atom. The van der Waals surface area contributed by atoms with E-state index in [2.05, 4.69) is 9.61 Å². The Morgan fingerprint density at radius 3 is 2.12 bits per heavy atom. The average molecular weight is 238 g/mol. The third kappa shape index (κ3) is 2.64. The lowest BCUT2D eigenvalue weighted by atomic mass is 9.78. The molecule has 5 nitrogen and oxygen atoms in total. The van der Waals surface area contributed by atoms with Crippen molar-refractivity contribution in [3.63, 3.8) is 0 Å². The van der Waals surface area contributed by atoms with Crippen LogP contribution in [0.2, 0.25) is 0 Å². The Kier molecular flexibility index (Phi) is 3.76. The summed E-state index contributed by atoms with van der Waals surface area (Å²) in [5.41, 5.74) is -1.64. The quantitative estimate of drug-likeness (QED) is 0.417. The molecule has 88 valence electrons. The van der Waals surface area contributed by atoms with Gasteiger partial charge >= 0.3 is 13.3 Å². The molecule has 0 fully saturated rings. The summed E-state index contributed by atoms with van der Waals surface area (Å²) in [7, 11) is -1.91. The van der Waals surface area contributed by atoms with Crippen LogP contribution in [0.1, 0.15) is 5.56 Å². The zero-order chi connectivity index (χ0) is 12.3. The molecule has 0 saturated carbocycles. The lowest BCUT2D eigenvalue weighted by Gasteiger charge is -2.11. The highest BCUT2D eigenvalue weighted by Crippen LogP contribution is 2.29. The van der Waals surface area contributed by atoms with Crippen molar-refractivity contribution < 1.29 is 38.4 Å². The molecule has 0 heterocycles. The molecule has 0 unspecified atom stereocenters. The van der Waals surface area contributed by atoms with E-state index in [1.807, 2.05) is 0 Å². The molecule has 0 atom stereocenters. The van der Waals surface area contributed by atoms with Gasteiger partial charge in [0.2, 0.25) is 0 Å². The molecule has 1 rings (SSSR count). The number of hydrogen-bond donors (Lipinski definition) is 3. The van der Waals surface area contributed by atoms with E-state index in [0.29, 0.717) is 12.1 Å². The first-order valence-corrected chi connectivity index (χ1v) is 3.90. The van der Waals surface area contributed by atoms with E-state index in [-0.39, 0.29) is 0 Å². The van der Waals surface area contributed by atoms with Gasteiger partial charge in [0, 0.05) is 5.46 Å². The summed E-state index contributed by atoms with van der Waals surface area (Å²) < 4.78 is 36.8. The topological polar surface area (TPSA) is 79.2 Å².